The summed E-state index contributed by atoms with van der Waals surface area (Å²) in [6, 6.07) is 16.0. The maximum Gasteiger partial charge on any atom is 0.313 e. The molecular formula is C20H23ClO2S. The first-order chi connectivity index (χ1) is 11.3. The van der Waals surface area contributed by atoms with Crippen LogP contribution in [0.1, 0.15) is 44.7 Å². The minimum atomic E-state index is -0.499. The topological polar surface area (TPSA) is 26.3 Å². The van der Waals surface area contributed by atoms with Crippen LogP contribution in [0.4, 0.5) is 0 Å². The smallest absolute Gasteiger partial charge is 0.313 e. The van der Waals surface area contributed by atoms with Crippen molar-refractivity contribution in [1.82, 2.24) is 0 Å². The van der Waals surface area contributed by atoms with Gasteiger partial charge < -0.3 is 4.74 Å². The standard InChI is InChI=1S/C20H23ClO2S/c1-14(19(22)23-20(2,3)4)17-12-16(21)10-11-18(17)24-13-15-8-6-5-7-9-15/h5-12,14H,13H2,1-4H3. The Morgan fingerprint density at radius 3 is 2.46 bits per heavy atom. The van der Waals surface area contributed by atoms with Crippen molar-refractivity contribution in [2.24, 2.45) is 0 Å². The third kappa shape index (κ3) is 5.57. The molecule has 0 amide bonds. The highest BCUT2D eigenvalue weighted by Crippen LogP contribution is 2.34. The molecule has 0 aromatic heterocycles. The van der Waals surface area contributed by atoms with Gasteiger partial charge >= 0.3 is 5.97 Å². The summed E-state index contributed by atoms with van der Waals surface area (Å²) in [6.45, 7) is 7.49. The molecule has 2 rings (SSSR count). The average Bonchev–Trinajstić information content (AvgIpc) is 2.52. The number of benzene rings is 2. The van der Waals surface area contributed by atoms with Gasteiger partial charge in [-0.25, -0.2) is 0 Å². The summed E-state index contributed by atoms with van der Waals surface area (Å²) in [7, 11) is 0. The maximum atomic E-state index is 12.4. The van der Waals surface area contributed by atoms with Crippen molar-refractivity contribution in [1.29, 1.82) is 0 Å². The van der Waals surface area contributed by atoms with Crippen LogP contribution in [-0.2, 0) is 15.3 Å². The average molecular weight is 363 g/mol. The monoisotopic (exact) mass is 362 g/mol. The molecule has 2 aromatic carbocycles. The predicted octanol–water partition coefficient (Wildman–Crippen LogP) is 6.08. The van der Waals surface area contributed by atoms with Gasteiger partial charge in [0.25, 0.3) is 0 Å². The van der Waals surface area contributed by atoms with E-state index in [1.165, 1.54) is 5.56 Å². The molecule has 0 saturated carbocycles. The minimum absolute atomic E-state index is 0.230. The van der Waals surface area contributed by atoms with E-state index < -0.39 is 5.60 Å². The molecule has 24 heavy (non-hydrogen) atoms. The number of hydrogen-bond acceptors (Lipinski definition) is 3. The van der Waals surface area contributed by atoms with Gasteiger partial charge in [-0.1, -0.05) is 41.9 Å². The fraction of sp³-hybridized carbons (Fsp3) is 0.350. The van der Waals surface area contributed by atoms with Crippen molar-refractivity contribution in [3.63, 3.8) is 0 Å². The molecule has 2 aromatic rings. The zero-order valence-corrected chi connectivity index (χ0v) is 16.1. The summed E-state index contributed by atoms with van der Waals surface area (Å²) in [5.41, 5.74) is 1.66. The lowest BCUT2D eigenvalue weighted by atomic mass is 10.0. The van der Waals surface area contributed by atoms with Gasteiger partial charge in [-0.3, -0.25) is 4.79 Å². The molecule has 0 aliphatic heterocycles. The van der Waals surface area contributed by atoms with Crippen LogP contribution in [0, 0.1) is 0 Å². The Morgan fingerprint density at radius 1 is 1.17 bits per heavy atom. The van der Waals surface area contributed by atoms with Crippen LogP contribution in [0.15, 0.2) is 53.4 Å². The Labute approximate surface area is 153 Å². The van der Waals surface area contributed by atoms with Gasteiger partial charge in [0.05, 0.1) is 5.92 Å². The van der Waals surface area contributed by atoms with E-state index in [9.17, 15) is 4.79 Å². The lowest BCUT2D eigenvalue weighted by Crippen LogP contribution is -2.27. The van der Waals surface area contributed by atoms with Crippen LogP contribution in [0.5, 0.6) is 0 Å². The van der Waals surface area contributed by atoms with Crippen molar-refractivity contribution in [2.45, 2.75) is 49.9 Å². The van der Waals surface area contributed by atoms with Crippen LogP contribution < -0.4 is 0 Å². The lowest BCUT2D eigenvalue weighted by Gasteiger charge is -2.23. The van der Waals surface area contributed by atoms with Gasteiger partial charge in [0.1, 0.15) is 5.60 Å². The second kappa shape index (κ2) is 8.09. The molecule has 4 heteroatoms. The van der Waals surface area contributed by atoms with E-state index in [0.29, 0.717) is 5.02 Å². The highest BCUT2D eigenvalue weighted by atomic mass is 35.5. The number of halogens is 1. The number of rotatable bonds is 5. The SMILES string of the molecule is CC(C(=O)OC(C)(C)C)c1cc(Cl)ccc1SCc1ccccc1. The van der Waals surface area contributed by atoms with E-state index in [0.717, 1.165) is 16.2 Å². The van der Waals surface area contributed by atoms with E-state index in [4.69, 9.17) is 16.3 Å². The van der Waals surface area contributed by atoms with Gasteiger partial charge in [-0.2, -0.15) is 0 Å². The molecule has 0 bridgehead atoms. The molecule has 1 unspecified atom stereocenters. The van der Waals surface area contributed by atoms with E-state index in [1.807, 2.05) is 64.1 Å². The molecule has 0 radical (unpaired) electrons. The summed E-state index contributed by atoms with van der Waals surface area (Å²) in [6.07, 6.45) is 0. The summed E-state index contributed by atoms with van der Waals surface area (Å²) >= 11 is 7.86. The molecule has 0 spiro atoms. The van der Waals surface area contributed by atoms with E-state index in [2.05, 4.69) is 12.1 Å². The van der Waals surface area contributed by atoms with E-state index in [1.54, 1.807) is 11.8 Å². The molecule has 0 heterocycles. The van der Waals surface area contributed by atoms with Gasteiger partial charge in [0.2, 0.25) is 0 Å². The zero-order chi connectivity index (χ0) is 17.7. The van der Waals surface area contributed by atoms with Crippen molar-refractivity contribution < 1.29 is 9.53 Å². The largest absolute Gasteiger partial charge is 0.460 e. The zero-order valence-electron chi connectivity index (χ0n) is 14.5. The molecule has 0 aliphatic rings. The van der Waals surface area contributed by atoms with Gasteiger partial charge in [-0.05, 0) is 57.0 Å². The highest BCUT2D eigenvalue weighted by Gasteiger charge is 2.25. The molecule has 0 saturated heterocycles. The number of carbonyl (C=O) groups excluding carboxylic acids is 1. The van der Waals surface area contributed by atoms with Gasteiger partial charge in [0.15, 0.2) is 0 Å². The fourth-order valence-corrected chi connectivity index (χ4v) is 3.50. The Balaban J connectivity index is 2.19. The number of hydrogen-bond donors (Lipinski definition) is 0. The summed E-state index contributed by atoms with van der Waals surface area (Å²) in [5.74, 6) is 0.254. The number of ether oxygens (including phenoxy) is 1. The minimum Gasteiger partial charge on any atom is -0.460 e. The van der Waals surface area contributed by atoms with E-state index in [-0.39, 0.29) is 11.9 Å². The van der Waals surface area contributed by atoms with E-state index >= 15 is 0 Å². The Kier molecular flexibility index (Phi) is 6.36. The van der Waals surface area contributed by atoms with Crippen molar-refractivity contribution in [2.75, 3.05) is 0 Å². The summed E-state index contributed by atoms with van der Waals surface area (Å²) < 4.78 is 5.52. The van der Waals surface area contributed by atoms with Gasteiger partial charge in [0, 0.05) is 15.7 Å². The first kappa shape index (κ1) is 18.9. The number of carbonyl (C=O) groups is 1. The summed E-state index contributed by atoms with van der Waals surface area (Å²) in [4.78, 5) is 13.5. The third-order valence-corrected chi connectivity index (χ3v) is 4.83. The molecular weight excluding hydrogens is 340 g/mol. The molecule has 2 nitrogen and oxygen atoms in total. The molecule has 0 fully saturated rings. The number of thioether (sulfide) groups is 1. The Bertz CT molecular complexity index is 693. The maximum absolute atomic E-state index is 12.4. The first-order valence-corrected chi connectivity index (χ1v) is 9.31. The number of esters is 1. The van der Waals surface area contributed by atoms with Crippen LogP contribution in [-0.4, -0.2) is 11.6 Å². The highest BCUT2D eigenvalue weighted by molar-refractivity contribution is 7.98. The van der Waals surface area contributed by atoms with Crippen molar-refractivity contribution >= 4 is 29.3 Å². The lowest BCUT2D eigenvalue weighted by molar-refractivity contribution is -0.156. The van der Waals surface area contributed by atoms with Crippen LogP contribution in [0.25, 0.3) is 0 Å². The molecule has 0 aliphatic carbocycles. The van der Waals surface area contributed by atoms with Gasteiger partial charge in [-0.15, -0.1) is 11.8 Å². The first-order valence-electron chi connectivity index (χ1n) is 7.95. The van der Waals surface area contributed by atoms with Crippen LogP contribution in [0.2, 0.25) is 5.02 Å². The van der Waals surface area contributed by atoms with Crippen molar-refractivity contribution in [3.8, 4) is 0 Å². The molecule has 128 valence electrons. The normalized spacial score (nSPS) is 12.7. The molecule has 1 atom stereocenters. The predicted molar refractivity (Wildman–Crippen MR) is 102 cm³/mol. The second-order valence-corrected chi connectivity index (χ2v) is 8.17. The van der Waals surface area contributed by atoms with Crippen LogP contribution in [0.3, 0.4) is 0 Å². The summed E-state index contributed by atoms with van der Waals surface area (Å²) in [5, 5.41) is 0.629. The molecule has 0 N–H and O–H groups in total. The van der Waals surface area contributed by atoms with Crippen molar-refractivity contribution in [3.05, 3.63) is 64.7 Å². The quantitative estimate of drug-likeness (QED) is 0.476. The Hall–Kier alpha value is -1.45. The van der Waals surface area contributed by atoms with Crippen LogP contribution >= 0.6 is 23.4 Å². The Morgan fingerprint density at radius 2 is 1.83 bits per heavy atom. The second-order valence-electron chi connectivity index (χ2n) is 6.71. The fourth-order valence-electron chi connectivity index (χ4n) is 2.24. The third-order valence-electron chi connectivity index (χ3n) is 3.44.